The van der Waals surface area contributed by atoms with Crippen LogP contribution in [0.15, 0.2) is 0 Å². The first-order valence-electron chi connectivity index (χ1n) is 4.20. The Morgan fingerprint density at radius 1 is 0.833 bits per heavy atom. The van der Waals surface area contributed by atoms with E-state index in [0.29, 0.717) is 0 Å². The molecular formula is C8H20N2OSi. The maximum Gasteiger partial charge on any atom is 0.516 e. The summed E-state index contributed by atoms with van der Waals surface area (Å²) in [5.41, 5.74) is -0.178. The average molecular weight is 188 g/mol. The zero-order valence-corrected chi connectivity index (χ0v) is 9.91. The fraction of sp³-hybridized carbons (Fsp3) is 1.00. The Hall–Kier alpha value is -0.383. The maximum atomic E-state index is 11.4. The second kappa shape index (κ2) is 3.56. The van der Waals surface area contributed by atoms with Gasteiger partial charge in [-0.2, -0.15) is 0 Å². The predicted molar refractivity (Wildman–Crippen MR) is 52.2 cm³/mol. The summed E-state index contributed by atoms with van der Waals surface area (Å²) in [4.78, 5) is 6.02. The molecule has 0 bridgehead atoms. The molecule has 0 unspecified atom stereocenters. The van der Waals surface area contributed by atoms with Crippen LogP contribution in [-0.2, 0) is 4.46 Å². The number of rotatable bonds is 2. The summed E-state index contributed by atoms with van der Waals surface area (Å²) >= 11 is 0. The minimum atomic E-state index is -1.85. The first-order valence-corrected chi connectivity index (χ1v) is 5.61. The molecular weight excluding hydrogens is 168 g/mol. The molecule has 0 aliphatic rings. The van der Waals surface area contributed by atoms with Crippen molar-refractivity contribution in [2.24, 2.45) is 0 Å². The van der Waals surface area contributed by atoms with Crippen molar-refractivity contribution in [3.05, 3.63) is 0 Å². The van der Waals surface area contributed by atoms with Crippen LogP contribution in [0.5, 0.6) is 0 Å². The van der Waals surface area contributed by atoms with Gasteiger partial charge < -0.3 is 14.4 Å². The van der Waals surface area contributed by atoms with Crippen LogP contribution in [0.3, 0.4) is 0 Å². The van der Waals surface area contributed by atoms with E-state index in [9.17, 15) is 4.46 Å². The number of hydrogen-bond acceptors (Lipinski definition) is 1. The van der Waals surface area contributed by atoms with Crippen molar-refractivity contribution < 1.29 is 4.46 Å². The van der Waals surface area contributed by atoms with E-state index in [4.69, 9.17) is 0 Å². The lowest BCUT2D eigenvalue weighted by Crippen LogP contribution is -2.54. The molecule has 0 heterocycles. The average Bonchev–Trinajstić information content (AvgIpc) is 1.49. The molecule has 0 saturated carbocycles. The summed E-state index contributed by atoms with van der Waals surface area (Å²) < 4.78 is 11.4. The van der Waals surface area contributed by atoms with E-state index in [1.54, 1.807) is 0 Å². The largest absolute Gasteiger partial charge is 0.516 e. The molecule has 0 amide bonds. The molecule has 0 aliphatic heterocycles. The van der Waals surface area contributed by atoms with Crippen LogP contribution in [0.2, 0.25) is 0 Å². The molecule has 4 heteroatoms. The van der Waals surface area contributed by atoms with E-state index in [1.807, 2.05) is 41.5 Å². The SMILES string of the molecule is CC(C)(C)N[Si](=O)NC(C)(C)C. The first kappa shape index (κ1) is 11.6. The van der Waals surface area contributed by atoms with Crippen LogP contribution in [0.4, 0.5) is 0 Å². The zero-order valence-electron chi connectivity index (χ0n) is 8.91. The Kier molecular flexibility index (Phi) is 3.44. The molecule has 0 aromatic heterocycles. The van der Waals surface area contributed by atoms with Crippen molar-refractivity contribution in [2.45, 2.75) is 52.6 Å². The van der Waals surface area contributed by atoms with Crippen LogP contribution in [0.1, 0.15) is 41.5 Å². The fourth-order valence-corrected chi connectivity index (χ4v) is 2.14. The summed E-state index contributed by atoms with van der Waals surface area (Å²) in [7, 11) is -1.85. The van der Waals surface area contributed by atoms with Gasteiger partial charge in [-0.15, -0.1) is 0 Å². The van der Waals surface area contributed by atoms with Crippen molar-refractivity contribution in [2.75, 3.05) is 0 Å². The highest BCUT2D eigenvalue weighted by Gasteiger charge is 2.20. The molecule has 0 saturated heterocycles. The molecule has 3 nitrogen and oxygen atoms in total. The molecule has 0 aliphatic carbocycles. The third-order valence-corrected chi connectivity index (χ3v) is 2.93. The van der Waals surface area contributed by atoms with Crippen LogP contribution < -0.4 is 9.96 Å². The number of hydrogen-bond donors (Lipinski definition) is 2. The van der Waals surface area contributed by atoms with E-state index in [-0.39, 0.29) is 11.1 Å². The van der Waals surface area contributed by atoms with E-state index < -0.39 is 9.01 Å². The Morgan fingerprint density at radius 3 is 1.25 bits per heavy atom. The van der Waals surface area contributed by atoms with Gasteiger partial charge in [-0.25, -0.2) is 0 Å². The van der Waals surface area contributed by atoms with E-state index in [1.165, 1.54) is 0 Å². The topological polar surface area (TPSA) is 41.1 Å². The molecule has 0 aromatic rings. The minimum absolute atomic E-state index is 0.0890. The summed E-state index contributed by atoms with van der Waals surface area (Å²) in [6, 6.07) is 0. The van der Waals surface area contributed by atoms with Crippen molar-refractivity contribution in [1.29, 1.82) is 0 Å². The smallest absolute Gasteiger partial charge is 0.369 e. The molecule has 0 aromatic carbocycles. The molecule has 72 valence electrons. The van der Waals surface area contributed by atoms with Gasteiger partial charge in [0.2, 0.25) is 0 Å². The Labute approximate surface area is 76.8 Å². The van der Waals surface area contributed by atoms with Crippen molar-refractivity contribution >= 4 is 9.01 Å². The van der Waals surface area contributed by atoms with Gasteiger partial charge in [-0.05, 0) is 41.5 Å². The van der Waals surface area contributed by atoms with Gasteiger partial charge in [0, 0.05) is 11.1 Å². The lowest BCUT2D eigenvalue weighted by molar-refractivity contribution is 0.428. The Balaban J connectivity index is 3.92. The standard InChI is InChI=1S/C8H20N2OSi/c1-7(2,3)9-12(11)10-8(4,5)6/h9-10H,1-6H3. The lowest BCUT2D eigenvalue weighted by Gasteiger charge is -2.25. The highest BCUT2D eigenvalue weighted by atomic mass is 28.3. The quantitative estimate of drug-likeness (QED) is 0.639. The third-order valence-electron chi connectivity index (χ3n) is 0.977. The molecule has 0 rings (SSSR count). The van der Waals surface area contributed by atoms with Gasteiger partial charge in [0.1, 0.15) is 0 Å². The molecule has 0 radical (unpaired) electrons. The highest BCUT2D eigenvalue weighted by molar-refractivity contribution is 6.36. The molecule has 12 heavy (non-hydrogen) atoms. The van der Waals surface area contributed by atoms with E-state index in [0.717, 1.165) is 0 Å². The van der Waals surface area contributed by atoms with Crippen LogP contribution in [0, 0.1) is 0 Å². The van der Waals surface area contributed by atoms with Crippen molar-refractivity contribution in [3.8, 4) is 0 Å². The summed E-state index contributed by atoms with van der Waals surface area (Å²) in [6.07, 6.45) is 0. The van der Waals surface area contributed by atoms with E-state index in [2.05, 4.69) is 9.96 Å². The number of nitrogens with one attached hydrogen (secondary N) is 2. The Bertz CT molecular complexity index is 149. The van der Waals surface area contributed by atoms with E-state index >= 15 is 0 Å². The van der Waals surface area contributed by atoms with Gasteiger partial charge in [0.15, 0.2) is 0 Å². The molecule has 0 atom stereocenters. The lowest BCUT2D eigenvalue weighted by atomic mass is 10.1. The van der Waals surface area contributed by atoms with Crippen molar-refractivity contribution in [1.82, 2.24) is 9.96 Å². The minimum Gasteiger partial charge on any atom is -0.369 e. The molecule has 2 N–H and O–H groups in total. The monoisotopic (exact) mass is 188 g/mol. The summed E-state index contributed by atoms with van der Waals surface area (Å²) in [5.74, 6) is 0. The van der Waals surface area contributed by atoms with Crippen molar-refractivity contribution in [3.63, 3.8) is 0 Å². The van der Waals surface area contributed by atoms with Gasteiger partial charge in [0.25, 0.3) is 0 Å². The van der Waals surface area contributed by atoms with Crippen LogP contribution in [0.25, 0.3) is 0 Å². The second-order valence-electron chi connectivity index (χ2n) is 5.08. The maximum absolute atomic E-state index is 11.4. The van der Waals surface area contributed by atoms with Gasteiger partial charge in [-0.1, -0.05) is 0 Å². The second-order valence-corrected chi connectivity index (χ2v) is 6.24. The zero-order chi connectivity index (χ0) is 9.99. The first-order chi connectivity index (χ1) is 5.10. The van der Waals surface area contributed by atoms with Crippen LogP contribution >= 0.6 is 0 Å². The Morgan fingerprint density at radius 2 is 1.08 bits per heavy atom. The molecule has 0 spiro atoms. The third kappa shape index (κ3) is 7.72. The van der Waals surface area contributed by atoms with Gasteiger partial charge >= 0.3 is 9.01 Å². The summed E-state index contributed by atoms with van der Waals surface area (Å²) in [5, 5.41) is 0. The van der Waals surface area contributed by atoms with Gasteiger partial charge in [-0.3, -0.25) is 0 Å². The fourth-order valence-electron chi connectivity index (χ4n) is 0.712. The normalized spacial score (nSPS) is 12.5. The van der Waals surface area contributed by atoms with Gasteiger partial charge in [0.05, 0.1) is 0 Å². The molecule has 0 fully saturated rings. The summed E-state index contributed by atoms with van der Waals surface area (Å²) in [6.45, 7) is 12.0. The highest BCUT2D eigenvalue weighted by Crippen LogP contribution is 2.00. The van der Waals surface area contributed by atoms with Crippen LogP contribution in [-0.4, -0.2) is 20.1 Å². The predicted octanol–water partition coefficient (Wildman–Crippen LogP) is 1.18.